The molecular weight excluding hydrogens is 242 g/mol. The van der Waals surface area contributed by atoms with Gasteiger partial charge < -0.3 is 10.4 Å². The number of aliphatic carboxylic acids is 1. The van der Waals surface area contributed by atoms with Crippen molar-refractivity contribution in [2.75, 3.05) is 5.32 Å². The van der Waals surface area contributed by atoms with Crippen LogP contribution in [-0.4, -0.2) is 27.1 Å². The molecule has 2 N–H and O–H groups in total. The molecule has 0 aromatic carbocycles. The van der Waals surface area contributed by atoms with Crippen molar-refractivity contribution in [3.8, 4) is 0 Å². The van der Waals surface area contributed by atoms with Crippen LogP contribution in [0.25, 0.3) is 0 Å². The molecule has 1 aromatic heterocycles. The monoisotopic (exact) mass is 261 g/mol. The maximum absolute atomic E-state index is 10.7. The van der Waals surface area contributed by atoms with Gasteiger partial charge in [-0.25, -0.2) is 9.97 Å². The zero-order valence-corrected chi connectivity index (χ0v) is 10.9. The quantitative estimate of drug-likeness (QED) is 0.870. The number of nitrogens with one attached hydrogen (secondary N) is 1. The zero-order chi connectivity index (χ0) is 13.2. The van der Waals surface area contributed by atoms with Gasteiger partial charge in [-0.3, -0.25) is 4.79 Å². The van der Waals surface area contributed by atoms with E-state index >= 15 is 0 Å². The average molecular weight is 261 g/mol. The van der Waals surface area contributed by atoms with Crippen LogP contribution in [0.4, 0.5) is 5.95 Å². The first-order valence-electron chi connectivity index (χ1n) is 7.05. The van der Waals surface area contributed by atoms with E-state index in [-0.39, 0.29) is 12.0 Å². The van der Waals surface area contributed by atoms with Crippen molar-refractivity contribution in [1.29, 1.82) is 0 Å². The maximum atomic E-state index is 10.7. The third-order valence-electron chi connectivity index (χ3n) is 4.17. The van der Waals surface area contributed by atoms with E-state index < -0.39 is 5.97 Å². The molecule has 2 atom stereocenters. The molecule has 3 rings (SSSR count). The van der Waals surface area contributed by atoms with Gasteiger partial charge in [-0.05, 0) is 30.7 Å². The summed E-state index contributed by atoms with van der Waals surface area (Å²) in [7, 11) is 0. The van der Waals surface area contributed by atoms with E-state index in [1.54, 1.807) is 0 Å². The second-order valence-electron chi connectivity index (χ2n) is 5.61. The predicted molar refractivity (Wildman–Crippen MR) is 71.0 cm³/mol. The second-order valence-corrected chi connectivity index (χ2v) is 5.61. The van der Waals surface area contributed by atoms with E-state index in [0.29, 0.717) is 18.3 Å². The van der Waals surface area contributed by atoms with Gasteiger partial charge in [-0.2, -0.15) is 0 Å². The number of anilines is 1. The summed E-state index contributed by atoms with van der Waals surface area (Å²) in [4.78, 5) is 19.4. The van der Waals surface area contributed by atoms with Crippen LogP contribution in [0.5, 0.6) is 0 Å². The molecule has 1 heterocycles. The van der Waals surface area contributed by atoms with Gasteiger partial charge in [0.05, 0.1) is 5.92 Å². The number of carboxylic acids is 1. The summed E-state index contributed by atoms with van der Waals surface area (Å²) in [5, 5.41) is 11.9. The van der Waals surface area contributed by atoms with Crippen LogP contribution in [0.2, 0.25) is 0 Å². The summed E-state index contributed by atoms with van der Waals surface area (Å²) in [6.45, 7) is 0. The van der Waals surface area contributed by atoms with Crippen molar-refractivity contribution in [3.63, 3.8) is 0 Å². The predicted octanol–water partition coefficient (Wildman–Crippen LogP) is 2.41. The van der Waals surface area contributed by atoms with Crippen LogP contribution in [-0.2, 0) is 4.79 Å². The lowest BCUT2D eigenvalue weighted by atomic mass is 9.85. The lowest BCUT2D eigenvalue weighted by Gasteiger charge is -2.21. The maximum Gasteiger partial charge on any atom is 0.308 e. The topological polar surface area (TPSA) is 75.1 Å². The van der Waals surface area contributed by atoms with Gasteiger partial charge in [0.2, 0.25) is 5.95 Å². The summed E-state index contributed by atoms with van der Waals surface area (Å²) >= 11 is 0. The molecule has 0 bridgehead atoms. The SMILES string of the molecule is O=C(O)C1CC1Nc1ncc(C2CCCCC2)cn1. The average Bonchev–Trinajstić information content (AvgIpc) is 3.20. The van der Waals surface area contributed by atoms with Gasteiger partial charge in [0, 0.05) is 18.4 Å². The standard InChI is InChI=1S/C14H19N3O2/c18-13(19)11-6-12(11)17-14-15-7-10(8-16-14)9-4-2-1-3-5-9/h7-9,11-12H,1-6H2,(H,18,19)(H,15,16,17). The molecule has 2 fully saturated rings. The lowest BCUT2D eigenvalue weighted by Crippen LogP contribution is -2.13. The molecule has 2 saturated carbocycles. The highest BCUT2D eigenvalue weighted by Crippen LogP contribution is 2.34. The Morgan fingerprint density at radius 1 is 1.21 bits per heavy atom. The molecule has 5 heteroatoms. The van der Waals surface area contributed by atoms with Crippen molar-refractivity contribution >= 4 is 11.9 Å². The first-order valence-corrected chi connectivity index (χ1v) is 7.05. The molecule has 0 amide bonds. The molecule has 0 spiro atoms. The molecule has 102 valence electrons. The Morgan fingerprint density at radius 2 is 1.89 bits per heavy atom. The molecule has 2 aliphatic carbocycles. The largest absolute Gasteiger partial charge is 0.481 e. The van der Waals surface area contributed by atoms with Crippen LogP contribution >= 0.6 is 0 Å². The van der Waals surface area contributed by atoms with Gasteiger partial charge in [0.25, 0.3) is 0 Å². The molecule has 5 nitrogen and oxygen atoms in total. The molecule has 0 aliphatic heterocycles. The smallest absolute Gasteiger partial charge is 0.308 e. The fraction of sp³-hybridized carbons (Fsp3) is 0.643. The highest BCUT2D eigenvalue weighted by molar-refractivity contribution is 5.75. The first-order chi connectivity index (χ1) is 9.24. The fourth-order valence-corrected chi connectivity index (χ4v) is 2.85. The van der Waals surface area contributed by atoms with E-state index in [4.69, 9.17) is 5.11 Å². The van der Waals surface area contributed by atoms with E-state index in [1.807, 2.05) is 12.4 Å². The van der Waals surface area contributed by atoms with Crippen LogP contribution in [0.1, 0.15) is 50.0 Å². The van der Waals surface area contributed by atoms with E-state index in [0.717, 1.165) is 0 Å². The summed E-state index contributed by atoms with van der Waals surface area (Å²) in [5.74, 6) is 0.141. The summed E-state index contributed by atoms with van der Waals surface area (Å²) in [6, 6.07) is -0.00182. The number of carbonyl (C=O) groups is 1. The third-order valence-corrected chi connectivity index (χ3v) is 4.17. The van der Waals surface area contributed by atoms with Gasteiger partial charge >= 0.3 is 5.97 Å². The zero-order valence-electron chi connectivity index (χ0n) is 10.9. The minimum atomic E-state index is -0.740. The van der Waals surface area contributed by atoms with Crippen molar-refractivity contribution in [1.82, 2.24) is 9.97 Å². The Kier molecular flexibility index (Phi) is 3.36. The molecule has 19 heavy (non-hydrogen) atoms. The Balaban J connectivity index is 1.58. The Labute approximate surface area is 112 Å². The Hall–Kier alpha value is -1.65. The molecule has 0 saturated heterocycles. The van der Waals surface area contributed by atoms with Crippen LogP contribution in [0.3, 0.4) is 0 Å². The van der Waals surface area contributed by atoms with Crippen molar-refractivity contribution in [2.24, 2.45) is 5.92 Å². The highest BCUT2D eigenvalue weighted by Gasteiger charge is 2.43. The highest BCUT2D eigenvalue weighted by atomic mass is 16.4. The number of rotatable bonds is 4. The van der Waals surface area contributed by atoms with Crippen molar-refractivity contribution < 1.29 is 9.90 Å². The van der Waals surface area contributed by atoms with E-state index in [1.165, 1.54) is 37.7 Å². The second kappa shape index (κ2) is 5.15. The molecule has 2 unspecified atom stereocenters. The number of hydrogen-bond acceptors (Lipinski definition) is 4. The van der Waals surface area contributed by atoms with Crippen LogP contribution in [0.15, 0.2) is 12.4 Å². The van der Waals surface area contributed by atoms with Gasteiger partial charge in [0.15, 0.2) is 0 Å². The molecule has 2 aliphatic rings. The van der Waals surface area contributed by atoms with E-state index in [2.05, 4.69) is 15.3 Å². The van der Waals surface area contributed by atoms with Gasteiger partial charge in [0.1, 0.15) is 0 Å². The van der Waals surface area contributed by atoms with Gasteiger partial charge in [-0.1, -0.05) is 19.3 Å². The summed E-state index contributed by atoms with van der Waals surface area (Å²) in [5.41, 5.74) is 1.22. The van der Waals surface area contributed by atoms with Crippen molar-refractivity contribution in [3.05, 3.63) is 18.0 Å². The molecule has 1 aromatic rings. The summed E-state index contributed by atoms with van der Waals surface area (Å²) < 4.78 is 0. The molecule has 0 radical (unpaired) electrons. The number of aromatic nitrogens is 2. The third kappa shape index (κ3) is 2.85. The van der Waals surface area contributed by atoms with Crippen LogP contribution in [0, 0.1) is 5.92 Å². The van der Waals surface area contributed by atoms with E-state index in [9.17, 15) is 4.79 Å². The number of nitrogens with zero attached hydrogens (tertiary/aromatic N) is 2. The fourth-order valence-electron chi connectivity index (χ4n) is 2.85. The minimum absolute atomic E-state index is 0.00182. The number of carboxylic acid groups (broad SMARTS) is 1. The van der Waals surface area contributed by atoms with Gasteiger partial charge in [-0.15, -0.1) is 0 Å². The summed E-state index contributed by atoms with van der Waals surface area (Å²) in [6.07, 6.45) is 10.9. The minimum Gasteiger partial charge on any atom is -0.481 e. The van der Waals surface area contributed by atoms with Crippen molar-refractivity contribution in [2.45, 2.75) is 50.5 Å². The first kappa shape index (κ1) is 12.4. The number of hydrogen-bond donors (Lipinski definition) is 2. The lowest BCUT2D eigenvalue weighted by molar-refractivity contribution is -0.138. The Bertz CT molecular complexity index is 454. The Morgan fingerprint density at radius 3 is 2.47 bits per heavy atom. The van der Waals surface area contributed by atoms with Crippen LogP contribution < -0.4 is 5.32 Å². The molecular formula is C14H19N3O2. The normalized spacial score (nSPS) is 26.9.